The van der Waals surface area contributed by atoms with Crippen molar-refractivity contribution in [2.75, 3.05) is 13.2 Å². The average Bonchev–Trinajstić information content (AvgIpc) is 2.23. The number of carbonyl (C=O) groups excluding carboxylic acids is 1. The minimum Gasteiger partial charge on any atom is -0.387 e. The molecule has 0 aliphatic carbocycles. The van der Waals surface area contributed by atoms with Crippen LogP contribution >= 0.6 is 15.9 Å². The molecule has 5 heteroatoms. The minimum absolute atomic E-state index is 0.295. The number of aliphatic hydroxyl groups is 1. The lowest BCUT2D eigenvalue weighted by Crippen LogP contribution is -2.28. The van der Waals surface area contributed by atoms with Crippen LogP contribution in [0.1, 0.15) is 5.56 Å². The Bertz CT molecular complexity index is 357. The number of carbonyl (C=O) groups is 1. The molecule has 0 atom stereocenters. The Hall–Kier alpha value is -0.940. The summed E-state index contributed by atoms with van der Waals surface area (Å²) in [7, 11) is 0. The van der Waals surface area contributed by atoms with Gasteiger partial charge in [-0.3, -0.25) is 4.79 Å². The van der Waals surface area contributed by atoms with E-state index in [1.165, 1.54) is 6.07 Å². The highest BCUT2D eigenvalue weighted by Gasteiger charge is 2.03. The highest BCUT2D eigenvalue weighted by molar-refractivity contribution is 9.10. The summed E-state index contributed by atoms with van der Waals surface area (Å²) in [5.41, 5.74) is 0.530. The van der Waals surface area contributed by atoms with Gasteiger partial charge in [-0.15, -0.1) is 0 Å². The molecule has 1 aromatic carbocycles. The van der Waals surface area contributed by atoms with Gasteiger partial charge in [0.1, 0.15) is 12.4 Å². The Labute approximate surface area is 95.4 Å². The maximum Gasteiger partial charge on any atom is 0.245 e. The second kappa shape index (κ2) is 5.82. The molecule has 1 amide bonds. The molecule has 1 rings (SSSR count). The fourth-order valence-electron chi connectivity index (χ4n) is 1.13. The maximum absolute atomic E-state index is 13.2. The molecule has 2 N–H and O–H groups in total. The number of halogens is 2. The van der Waals surface area contributed by atoms with Crippen molar-refractivity contribution in [2.24, 2.45) is 0 Å². The number of hydrogen-bond donors (Lipinski definition) is 2. The highest BCUT2D eigenvalue weighted by atomic mass is 79.9. The number of benzene rings is 1. The van der Waals surface area contributed by atoms with Crippen LogP contribution in [0.4, 0.5) is 4.39 Å². The smallest absolute Gasteiger partial charge is 0.245 e. The van der Waals surface area contributed by atoms with E-state index in [-0.39, 0.29) is 5.82 Å². The molecule has 3 nitrogen and oxygen atoms in total. The highest BCUT2D eigenvalue weighted by Crippen LogP contribution is 2.15. The number of nitrogens with one attached hydrogen (secondary N) is 1. The Kier molecular flexibility index (Phi) is 4.71. The number of hydrogen-bond acceptors (Lipinski definition) is 2. The van der Waals surface area contributed by atoms with Crippen LogP contribution in [0.15, 0.2) is 22.7 Å². The summed E-state index contributed by atoms with van der Waals surface area (Å²) in [6.07, 6.45) is 0.400. The van der Waals surface area contributed by atoms with E-state index >= 15 is 0 Å². The zero-order valence-corrected chi connectivity index (χ0v) is 9.55. The zero-order valence-electron chi connectivity index (χ0n) is 7.96. The van der Waals surface area contributed by atoms with Crippen LogP contribution in [0.3, 0.4) is 0 Å². The lowest BCUT2D eigenvalue weighted by atomic mass is 10.1. The predicted octanol–water partition coefficient (Wildman–Crippen LogP) is 1.24. The Morgan fingerprint density at radius 3 is 2.93 bits per heavy atom. The molecule has 0 fully saturated rings. The summed E-state index contributed by atoms with van der Waals surface area (Å²) in [5, 5.41) is 10.9. The number of rotatable bonds is 4. The number of aliphatic hydroxyl groups excluding tert-OH is 1. The van der Waals surface area contributed by atoms with Gasteiger partial charge < -0.3 is 10.4 Å². The molecule has 0 saturated heterocycles. The Balaban J connectivity index is 2.50. The van der Waals surface area contributed by atoms with Crippen LogP contribution in [0.5, 0.6) is 0 Å². The van der Waals surface area contributed by atoms with Gasteiger partial charge >= 0.3 is 0 Å². The molecular weight excluding hydrogens is 265 g/mol. The van der Waals surface area contributed by atoms with Gasteiger partial charge in [0.25, 0.3) is 0 Å². The fourth-order valence-corrected chi connectivity index (χ4v) is 1.54. The SMILES string of the molecule is O=C(CO)NCCc1cc(Br)ccc1F. The van der Waals surface area contributed by atoms with E-state index in [1.54, 1.807) is 12.1 Å². The summed E-state index contributed by atoms with van der Waals surface area (Å²) >= 11 is 3.24. The topological polar surface area (TPSA) is 49.3 Å². The summed E-state index contributed by atoms with van der Waals surface area (Å²) in [4.78, 5) is 10.7. The third kappa shape index (κ3) is 3.97. The normalized spacial score (nSPS) is 10.1. The molecule has 0 spiro atoms. The van der Waals surface area contributed by atoms with Crippen molar-refractivity contribution >= 4 is 21.8 Å². The van der Waals surface area contributed by atoms with Crippen LogP contribution in [0.2, 0.25) is 0 Å². The summed E-state index contributed by atoms with van der Waals surface area (Å²) in [5.74, 6) is -0.748. The van der Waals surface area contributed by atoms with Crippen molar-refractivity contribution in [2.45, 2.75) is 6.42 Å². The van der Waals surface area contributed by atoms with E-state index in [2.05, 4.69) is 21.2 Å². The largest absolute Gasteiger partial charge is 0.387 e. The molecule has 15 heavy (non-hydrogen) atoms. The monoisotopic (exact) mass is 275 g/mol. The van der Waals surface area contributed by atoms with Crippen molar-refractivity contribution in [3.8, 4) is 0 Å². The fraction of sp³-hybridized carbons (Fsp3) is 0.300. The predicted molar refractivity (Wildman–Crippen MR) is 57.9 cm³/mol. The molecular formula is C10H11BrFNO2. The van der Waals surface area contributed by atoms with E-state index in [4.69, 9.17) is 5.11 Å². The lowest BCUT2D eigenvalue weighted by molar-refractivity contribution is -0.123. The molecule has 0 radical (unpaired) electrons. The van der Waals surface area contributed by atoms with E-state index in [0.29, 0.717) is 18.5 Å². The van der Waals surface area contributed by atoms with Crippen LogP contribution in [-0.2, 0) is 11.2 Å². The van der Waals surface area contributed by atoms with E-state index in [0.717, 1.165) is 4.47 Å². The minimum atomic E-state index is -0.541. The van der Waals surface area contributed by atoms with Gasteiger partial charge in [-0.25, -0.2) is 4.39 Å². The van der Waals surface area contributed by atoms with Gasteiger partial charge in [-0.2, -0.15) is 0 Å². The molecule has 0 saturated carbocycles. The van der Waals surface area contributed by atoms with Crippen molar-refractivity contribution in [3.05, 3.63) is 34.1 Å². The third-order valence-corrected chi connectivity index (χ3v) is 2.36. The average molecular weight is 276 g/mol. The van der Waals surface area contributed by atoms with Gasteiger partial charge in [0.05, 0.1) is 0 Å². The number of amides is 1. The first-order chi connectivity index (χ1) is 7.13. The lowest BCUT2D eigenvalue weighted by Gasteiger charge is -2.05. The molecule has 0 aliphatic rings. The van der Waals surface area contributed by atoms with Crippen LogP contribution in [-0.4, -0.2) is 24.2 Å². The standard InChI is InChI=1S/C10H11BrFNO2/c11-8-1-2-9(12)7(5-8)3-4-13-10(15)6-14/h1-2,5,14H,3-4,6H2,(H,13,15). The van der Waals surface area contributed by atoms with Crippen molar-refractivity contribution in [1.29, 1.82) is 0 Å². The Morgan fingerprint density at radius 2 is 2.27 bits per heavy atom. The molecule has 1 aromatic rings. The summed E-state index contributed by atoms with van der Waals surface area (Å²) in [6.45, 7) is -0.228. The second-order valence-electron chi connectivity index (χ2n) is 2.99. The van der Waals surface area contributed by atoms with Crippen molar-refractivity contribution < 1.29 is 14.3 Å². The van der Waals surface area contributed by atoms with E-state index in [1.807, 2.05) is 0 Å². The zero-order chi connectivity index (χ0) is 11.3. The van der Waals surface area contributed by atoms with Gasteiger partial charge in [0, 0.05) is 11.0 Å². The van der Waals surface area contributed by atoms with Crippen LogP contribution < -0.4 is 5.32 Å². The first-order valence-corrected chi connectivity index (χ1v) is 5.24. The van der Waals surface area contributed by atoms with E-state index < -0.39 is 12.5 Å². The molecule has 0 aliphatic heterocycles. The Morgan fingerprint density at radius 1 is 1.53 bits per heavy atom. The first-order valence-electron chi connectivity index (χ1n) is 4.45. The van der Waals surface area contributed by atoms with Gasteiger partial charge in [0.2, 0.25) is 5.91 Å². The van der Waals surface area contributed by atoms with Crippen LogP contribution in [0, 0.1) is 5.82 Å². The van der Waals surface area contributed by atoms with Gasteiger partial charge in [-0.05, 0) is 30.2 Å². The second-order valence-corrected chi connectivity index (χ2v) is 3.91. The molecule has 0 heterocycles. The summed E-state index contributed by atoms with van der Waals surface area (Å²) < 4.78 is 14.0. The quantitative estimate of drug-likeness (QED) is 0.869. The van der Waals surface area contributed by atoms with Crippen LogP contribution in [0.25, 0.3) is 0 Å². The van der Waals surface area contributed by atoms with Gasteiger partial charge in [-0.1, -0.05) is 15.9 Å². The third-order valence-electron chi connectivity index (χ3n) is 1.87. The van der Waals surface area contributed by atoms with Gasteiger partial charge in [0.15, 0.2) is 0 Å². The molecule has 0 unspecified atom stereocenters. The maximum atomic E-state index is 13.2. The first kappa shape index (κ1) is 12.1. The van der Waals surface area contributed by atoms with Crippen molar-refractivity contribution in [1.82, 2.24) is 5.32 Å². The molecule has 82 valence electrons. The van der Waals surface area contributed by atoms with Crippen molar-refractivity contribution in [3.63, 3.8) is 0 Å². The van der Waals surface area contributed by atoms with E-state index in [9.17, 15) is 9.18 Å². The molecule has 0 bridgehead atoms. The summed E-state index contributed by atoms with van der Waals surface area (Å²) in [6, 6.07) is 4.65. The molecule has 0 aromatic heterocycles.